The summed E-state index contributed by atoms with van der Waals surface area (Å²) in [6, 6.07) is 7.94. The zero-order chi connectivity index (χ0) is 15.7. The van der Waals surface area contributed by atoms with Crippen molar-refractivity contribution in [1.82, 2.24) is 10.2 Å². The van der Waals surface area contributed by atoms with Crippen LogP contribution in [0.2, 0.25) is 0 Å². The van der Waals surface area contributed by atoms with E-state index >= 15 is 0 Å². The quantitative estimate of drug-likeness (QED) is 0.886. The van der Waals surface area contributed by atoms with Gasteiger partial charge in [-0.3, -0.25) is 4.79 Å². The van der Waals surface area contributed by atoms with E-state index in [2.05, 4.69) is 21.2 Å². The molecular formula is C16H16BrFN2O2. The highest BCUT2D eigenvalue weighted by molar-refractivity contribution is 9.10. The summed E-state index contributed by atoms with van der Waals surface area (Å²) >= 11 is 3.25. The molecule has 1 aromatic heterocycles. The molecule has 6 heteroatoms. The predicted octanol–water partition coefficient (Wildman–Crippen LogP) is 3.28. The monoisotopic (exact) mass is 366 g/mol. The van der Waals surface area contributed by atoms with E-state index in [4.69, 9.17) is 4.42 Å². The average molecular weight is 367 g/mol. The predicted molar refractivity (Wildman–Crippen MR) is 84.2 cm³/mol. The minimum Gasteiger partial charge on any atom is -0.444 e. The van der Waals surface area contributed by atoms with Crippen molar-refractivity contribution in [3.05, 3.63) is 57.7 Å². The first kappa shape index (κ1) is 15.2. The zero-order valence-electron chi connectivity index (χ0n) is 12.1. The normalized spacial score (nSPS) is 18.5. The molecule has 0 radical (unpaired) electrons. The summed E-state index contributed by atoms with van der Waals surface area (Å²) in [4.78, 5) is 14.5. The molecule has 1 unspecified atom stereocenters. The highest BCUT2D eigenvalue weighted by Gasteiger charge is 2.31. The minimum absolute atomic E-state index is 0.168. The Labute approximate surface area is 136 Å². The Kier molecular flexibility index (Phi) is 4.31. The number of piperazine rings is 1. The van der Waals surface area contributed by atoms with Crippen molar-refractivity contribution in [2.24, 2.45) is 0 Å². The van der Waals surface area contributed by atoms with Gasteiger partial charge in [0.15, 0.2) is 10.4 Å². The maximum absolute atomic E-state index is 13.5. The number of nitrogens with one attached hydrogen (secondary N) is 1. The molecule has 2 aromatic rings. The molecule has 1 atom stereocenters. The third-order valence-electron chi connectivity index (χ3n) is 3.82. The van der Waals surface area contributed by atoms with Crippen LogP contribution in [0.1, 0.15) is 27.7 Å². The number of furan rings is 1. The fraction of sp³-hybridized carbons (Fsp3) is 0.312. The Bertz CT molecular complexity index is 701. The Morgan fingerprint density at radius 3 is 2.95 bits per heavy atom. The Morgan fingerprint density at radius 1 is 1.45 bits per heavy atom. The van der Waals surface area contributed by atoms with Crippen molar-refractivity contribution in [2.75, 3.05) is 19.6 Å². The van der Waals surface area contributed by atoms with Crippen molar-refractivity contribution in [3.63, 3.8) is 0 Å². The van der Waals surface area contributed by atoms with Gasteiger partial charge in [-0.1, -0.05) is 12.1 Å². The van der Waals surface area contributed by atoms with Gasteiger partial charge in [-0.2, -0.15) is 0 Å². The Morgan fingerprint density at radius 2 is 2.27 bits per heavy atom. The fourth-order valence-corrected chi connectivity index (χ4v) is 3.25. The van der Waals surface area contributed by atoms with E-state index in [1.807, 2.05) is 13.0 Å². The highest BCUT2D eigenvalue weighted by atomic mass is 79.9. The molecule has 0 spiro atoms. The van der Waals surface area contributed by atoms with Gasteiger partial charge in [-0.25, -0.2) is 4.39 Å². The van der Waals surface area contributed by atoms with Crippen molar-refractivity contribution in [3.8, 4) is 0 Å². The molecule has 1 aromatic carbocycles. The zero-order valence-corrected chi connectivity index (χ0v) is 13.7. The van der Waals surface area contributed by atoms with Crippen LogP contribution < -0.4 is 5.32 Å². The SMILES string of the molecule is Cc1cc(Br)oc1C(=O)N1CCNCC1c1cccc(F)c1. The van der Waals surface area contributed by atoms with E-state index < -0.39 is 0 Å². The molecule has 4 nitrogen and oxygen atoms in total. The lowest BCUT2D eigenvalue weighted by molar-refractivity contribution is 0.0599. The topological polar surface area (TPSA) is 45.5 Å². The van der Waals surface area contributed by atoms with E-state index in [0.29, 0.717) is 30.1 Å². The molecule has 1 aliphatic rings. The number of rotatable bonds is 2. The first-order valence-corrected chi connectivity index (χ1v) is 7.88. The number of aryl methyl sites for hydroxylation is 1. The number of benzene rings is 1. The third-order valence-corrected chi connectivity index (χ3v) is 4.21. The van der Waals surface area contributed by atoms with Gasteiger partial charge in [0.05, 0.1) is 6.04 Å². The molecule has 0 saturated carbocycles. The molecule has 0 aliphatic carbocycles. The second kappa shape index (κ2) is 6.22. The maximum atomic E-state index is 13.5. The van der Waals surface area contributed by atoms with Crippen LogP contribution >= 0.6 is 15.9 Å². The van der Waals surface area contributed by atoms with Gasteiger partial charge in [-0.15, -0.1) is 0 Å². The lowest BCUT2D eigenvalue weighted by Crippen LogP contribution is -2.48. The number of amides is 1. The van der Waals surface area contributed by atoms with Gasteiger partial charge in [-0.05, 0) is 46.6 Å². The second-order valence-electron chi connectivity index (χ2n) is 5.34. The van der Waals surface area contributed by atoms with Gasteiger partial charge < -0.3 is 14.6 Å². The van der Waals surface area contributed by atoms with Crippen LogP contribution in [-0.2, 0) is 0 Å². The van der Waals surface area contributed by atoms with Crippen molar-refractivity contribution < 1.29 is 13.6 Å². The molecular weight excluding hydrogens is 351 g/mol. The Hall–Kier alpha value is -1.66. The van der Waals surface area contributed by atoms with Gasteiger partial charge in [0.2, 0.25) is 0 Å². The van der Waals surface area contributed by atoms with E-state index in [0.717, 1.165) is 11.1 Å². The lowest BCUT2D eigenvalue weighted by Gasteiger charge is -2.36. The smallest absolute Gasteiger partial charge is 0.290 e. The molecule has 2 heterocycles. The number of hydrogen-bond donors (Lipinski definition) is 1. The molecule has 1 N–H and O–H groups in total. The van der Waals surface area contributed by atoms with Crippen LogP contribution in [0.25, 0.3) is 0 Å². The summed E-state index contributed by atoms with van der Waals surface area (Å²) in [6.45, 7) is 3.69. The molecule has 1 saturated heterocycles. The molecule has 1 fully saturated rings. The van der Waals surface area contributed by atoms with Gasteiger partial charge in [0.25, 0.3) is 5.91 Å². The number of hydrogen-bond acceptors (Lipinski definition) is 3. The number of carbonyl (C=O) groups is 1. The Balaban J connectivity index is 1.92. The van der Waals surface area contributed by atoms with Crippen molar-refractivity contribution in [1.29, 1.82) is 0 Å². The van der Waals surface area contributed by atoms with Crippen LogP contribution in [0.3, 0.4) is 0 Å². The van der Waals surface area contributed by atoms with Crippen LogP contribution in [0.15, 0.2) is 39.4 Å². The summed E-state index contributed by atoms with van der Waals surface area (Å²) in [6.07, 6.45) is 0. The number of carbonyl (C=O) groups excluding carboxylic acids is 1. The summed E-state index contributed by atoms with van der Waals surface area (Å²) < 4.78 is 19.5. The van der Waals surface area contributed by atoms with E-state index in [1.165, 1.54) is 12.1 Å². The largest absolute Gasteiger partial charge is 0.444 e. The molecule has 22 heavy (non-hydrogen) atoms. The summed E-state index contributed by atoms with van der Waals surface area (Å²) in [5, 5.41) is 3.25. The van der Waals surface area contributed by atoms with Gasteiger partial charge in [0.1, 0.15) is 5.82 Å². The lowest BCUT2D eigenvalue weighted by atomic mass is 10.0. The van der Waals surface area contributed by atoms with Gasteiger partial charge >= 0.3 is 0 Å². The summed E-state index contributed by atoms with van der Waals surface area (Å²) in [5.74, 6) is -0.137. The van der Waals surface area contributed by atoms with Crippen LogP contribution in [-0.4, -0.2) is 30.4 Å². The first-order chi connectivity index (χ1) is 10.6. The standard InChI is InChI=1S/C16H16BrFN2O2/c1-10-7-14(17)22-15(10)16(21)20-6-5-19-9-13(20)11-3-2-4-12(18)8-11/h2-4,7-8,13,19H,5-6,9H2,1H3. The van der Waals surface area contributed by atoms with Crippen LogP contribution in [0.4, 0.5) is 4.39 Å². The molecule has 1 amide bonds. The average Bonchev–Trinajstić information content (AvgIpc) is 2.85. The highest BCUT2D eigenvalue weighted by Crippen LogP contribution is 2.27. The third kappa shape index (κ3) is 2.94. The molecule has 1 aliphatic heterocycles. The number of halogens is 2. The van der Waals surface area contributed by atoms with Crippen molar-refractivity contribution >= 4 is 21.8 Å². The molecule has 0 bridgehead atoms. The van der Waals surface area contributed by atoms with Crippen LogP contribution in [0.5, 0.6) is 0 Å². The minimum atomic E-state index is -0.299. The summed E-state index contributed by atoms with van der Waals surface area (Å²) in [7, 11) is 0. The number of nitrogens with zero attached hydrogens (tertiary/aromatic N) is 1. The molecule has 3 rings (SSSR count). The fourth-order valence-electron chi connectivity index (χ4n) is 2.75. The van der Waals surface area contributed by atoms with Crippen LogP contribution in [0, 0.1) is 12.7 Å². The second-order valence-corrected chi connectivity index (χ2v) is 6.12. The first-order valence-electron chi connectivity index (χ1n) is 7.09. The summed E-state index contributed by atoms with van der Waals surface area (Å²) in [5.41, 5.74) is 1.57. The van der Waals surface area contributed by atoms with E-state index in [-0.39, 0.29) is 17.8 Å². The van der Waals surface area contributed by atoms with Gasteiger partial charge in [0, 0.05) is 25.2 Å². The van der Waals surface area contributed by atoms with Crippen molar-refractivity contribution in [2.45, 2.75) is 13.0 Å². The van der Waals surface area contributed by atoms with E-state index in [9.17, 15) is 9.18 Å². The molecule has 116 valence electrons. The van der Waals surface area contributed by atoms with E-state index in [1.54, 1.807) is 17.0 Å². The maximum Gasteiger partial charge on any atom is 0.290 e.